The maximum absolute atomic E-state index is 13.7. The van der Waals surface area contributed by atoms with Crippen LogP contribution in [0.5, 0.6) is 5.75 Å². The van der Waals surface area contributed by atoms with Crippen molar-refractivity contribution in [1.29, 1.82) is 0 Å². The SMILES string of the molecule is Cc1cc(Cl)ccc1OCC(=O)N1CCN(C)C(=O)[C@@H](C)NC(=O)[C@H](C(C)C)NC(=O)[C@H](C)NC(=O)c2csc(n2)[C@H](Cc2ccccc2)NC(=O)C1. The summed E-state index contributed by atoms with van der Waals surface area (Å²) in [5, 5.41) is 13.4. The predicted octanol–water partition coefficient (Wildman–Crippen LogP) is 2.65. The molecule has 16 heteroatoms. The maximum atomic E-state index is 13.7. The van der Waals surface area contributed by atoms with Crippen LogP contribution in [0.4, 0.5) is 0 Å². The van der Waals surface area contributed by atoms with Gasteiger partial charge in [-0.15, -0.1) is 11.3 Å². The standard InChI is InChI=1S/C37H46ClN7O7S/c1-21(2)32-35(50)40-24(5)37(51)44(6)14-15-45(31(47)19-52-29-13-12-26(38)16-22(29)3)18-30(46)41-27(17-25-10-8-7-9-11-25)36-42-28(20-53-36)34(49)39-23(4)33(48)43-32/h7-13,16,20-21,23-24,27,32H,14-15,17-19H2,1-6H3,(H,39,49)(H,40,50)(H,41,46)(H,43,48)/t23-,24+,27-,32-/m0/s1. The summed E-state index contributed by atoms with van der Waals surface area (Å²) < 4.78 is 5.80. The fraction of sp³-hybridized carbons (Fsp3) is 0.432. The third-order valence-electron chi connectivity index (χ3n) is 8.64. The Hall–Kier alpha value is -5.02. The van der Waals surface area contributed by atoms with Crippen LogP contribution in [0.1, 0.15) is 60.4 Å². The zero-order valence-electron chi connectivity index (χ0n) is 30.6. The van der Waals surface area contributed by atoms with Gasteiger partial charge < -0.3 is 35.8 Å². The van der Waals surface area contributed by atoms with Gasteiger partial charge in [0, 0.05) is 30.5 Å². The zero-order valence-corrected chi connectivity index (χ0v) is 32.2. The highest BCUT2D eigenvalue weighted by atomic mass is 35.5. The molecule has 4 atom stereocenters. The number of thiazole rings is 1. The summed E-state index contributed by atoms with van der Waals surface area (Å²) >= 11 is 7.24. The molecule has 2 heterocycles. The van der Waals surface area contributed by atoms with Gasteiger partial charge in [0.05, 0.1) is 12.6 Å². The van der Waals surface area contributed by atoms with Crippen LogP contribution in [-0.2, 0) is 30.4 Å². The van der Waals surface area contributed by atoms with Crippen LogP contribution in [0.25, 0.3) is 0 Å². The lowest BCUT2D eigenvalue weighted by atomic mass is 10.0. The fourth-order valence-electron chi connectivity index (χ4n) is 5.54. The lowest BCUT2D eigenvalue weighted by molar-refractivity contribution is -0.140. The molecule has 0 spiro atoms. The van der Waals surface area contributed by atoms with E-state index in [1.165, 1.54) is 47.4 Å². The normalized spacial score (nSPS) is 21.2. The van der Waals surface area contributed by atoms with Crippen molar-refractivity contribution in [1.82, 2.24) is 36.1 Å². The molecular formula is C37H46ClN7O7S. The summed E-state index contributed by atoms with van der Waals surface area (Å²) in [6.45, 7) is 7.51. The van der Waals surface area contributed by atoms with E-state index in [1.807, 2.05) is 30.3 Å². The van der Waals surface area contributed by atoms with Crippen LogP contribution in [0.2, 0.25) is 5.02 Å². The Balaban J connectivity index is 1.65. The lowest BCUT2D eigenvalue weighted by Crippen LogP contribution is -2.57. The van der Waals surface area contributed by atoms with Crippen LogP contribution < -0.4 is 26.0 Å². The summed E-state index contributed by atoms with van der Waals surface area (Å²) in [5.74, 6) is -3.17. The van der Waals surface area contributed by atoms with Crippen molar-refractivity contribution in [3.05, 3.63) is 80.8 Å². The van der Waals surface area contributed by atoms with Gasteiger partial charge in [0.25, 0.3) is 11.8 Å². The van der Waals surface area contributed by atoms with Crippen molar-refractivity contribution in [2.24, 2.45) is 5.92 Å². The minimum Gasteiger partial charge on any atom is -0.483 e. The second-order valence-electron chi connectivity index (χ2n) is 13.3. The summed E-state index contributed by atoms with van der Waals surface area (Å²) in [7, 11) is 1.53. The molecule has 284 valence electrons. The van der Waals surface area contributed by atoms with Crippen molar-refractivity contribution >= 4 is 58.4 Å². The van der Waals surface area contributed by atoms with Gasteiger partial charge in [0.2, 0.25) is 23.6 Å². The summed E-state index contributed by atoms with van der Waals surface area (Å²) in [4.78, 5) is 87.6. The molecule has 0 unspecified atom stereocenters. The summed E-state index contributed by atoms with van der Waals surface area (Å²) in [6, 6.07) is 10.7. The second kappa shape index (κ2) is 18.6. The number of ether oxygens (including phenoxy) is 1. The highest BCUT2D eigenvalue weighted by molar-refractivity contribution is 7.09. The first-order valence-corrected chi connectivity index (χ1v) is 18.5. The highest BCUT2D eigenvalue weighted by Crippen LogP contribution is 2.24. The lowest BCUT2D eigenvalue weighted by Gasteiger charge is -2.29. The Morgan fingerprint density at radius 3 is 2.36 bits per heavy atom. The monoisotopic (exact) mass is 767 g/mol. The Morgan fingerprint density at radius 2 is 1.68 bits per heavy atom. The molecule has 4 N–H and O–H groups in total. The molecule has 1 aromatic heterocycles. The number of hydrogen-bond acceptors (Lipinski definition) is 9. The van der Waals surface area contributed by atoms with Crippen LogP contribution in [0.15, 0.2) is 53.9 Å². The van der Waals surface area contributed by atoms with Gasteiger partial charge in [-0.3, -0.25) is 28.8 Å². The third kappa shape index (κ3) is 11.5. The fourth-order valence-corrected chi connectivity index (χ4v) is 6.61. The van der Waals surface area contributed by atoms with Crippen molar-refractivity contribution in [2.75, 3.05) is 33.3 Å². The predicted molar refractivity (Wildman–Crippen MR) is 200 cm³/mol. The van der Waals surface area contributed by atoms with Crippen LogP contribution in [0.3, 0.4) is 0 Å². The van der Waals surface area contributed by atoms with Crippen LogP contribution in [0, 0.1) is 12.8 Å². The van der Waals surface area contributed by atoms with E-state index in [-0.39, 0.29) is 37.9 Å². The molecule has 6 amide bonds. The van der Waals surface area contributed by atoms with E-state index in [1.54, 1.807) is 39.0 Å². The molecule has 1 aliphatic heterocycles. The molecule has 14 nitrogen and oxygen atoms in total. The number of fused-ring (bicyclic) bond motifs is 2. The molecule has 0 aliphatic carbocycles. The summed E-state index contributed by atoms with van der Waals surface area (Å²) in [6.07, 6.45) is 0.333. The molecule has 2 aromatic carbocycles. The number of rotatable bonds is 6. The number of nitrogens with one attached hydrogen (secondary N) is 4. The number of nitrogens with zero attached hydrogens (tertiary/aromatic N) is 3. The number of likely N-dealkylation sites (N-methyl/N-ethyl adjacent to an activating group) is 1. The van der Waals surface area contributed by atoms with E-state index in [9.17, 15) is 28.8 Å². The first-order chi connectivity index (χ1) is 25.1. The van der Waals surface area contributed by atoms with Gasteiger partial charge in [0.15, 0.2) is 6.61 Å². The minimum atomic E-state index is -1.03. The van der Waals surface area contributed by atoms with Crippen molar-refractivity contribution in [3.63, 3.8) is 0 Å². The molecular weight excluding hydrogens is 722 g/mol. The topological polar surface area (TPSA) is 179 Å². The Bertz CT molecular complexity index is 1800. The smallest absolute Gasteiger partial charge is 0.271 e. The highest BCUT2D eigenvalue weighted by Gasteiger charge is 2.31. The van der Waals surface area contributed by atoms with E-state index in [0.29, 0.717) is 22.2 Å². The largest absolute Gasteiger partial charge is 0.483 e. The summed E-state index contributed by atoms with van der Waals surface area (Å²) in [5.41, 5.74) is 1.66. The van der Waals surface area contributed by atoms with Gasteiger partial charge in [-0.25, -0.2) is 4.98 Å². The van der Waals surface area contributed by atoms with E-state index in [0.717, 1.165) is 11.1 Å². The number of aryl methyl sites for hydroxylation is 1. The molecule has 2 bridgehead atoms. The Morgan fingerprint density at radius 1 is 0.962 bits per heavy atom. The molecule has 4 rings (SSSR count). The van der Waals surface area contributed by atoms with Crippen molar-refractivity contribution in [3.8, 4) is 5.75 Å². The molecule has 0 saturated heterocycles. The number of aromatic nitrogens is 1. The van der Waals surface area contributed by atoms with Gasteiger partial charge in [-0.2, -0.15) is 0 Å². The molecule has 0 radical (unpaired) electrons. The second-order valence-corrected chi connectivity index (χ2v) is 14.6. The van der Waals surface area contributed by atoms with E-state index in [2.05, 4.69) is 26.3 Å². The van der Waals surface area contributed by atoms with Gasteiger partial charge >= 0.3 is 0 Å². The third-order valence-corrected chi connectivity index (χ3v) is 9.84. The van der Waals surface area contributed by atoms with E-state index in [4.69, 9.17) is 16.3 Å². The Kier molecular flexibility index (Phi) is 14.3. The molecule has 0 saturated carbocycles. The average molecular weight is 768 g/mol. The van der Waals surface area contributed by atoms with Crippen LogP contribution >= 0.6 is 22.9 Å². The zero-order chi connectivity index (χ0) is 38.8. The average Bonchev–Trinajstić information content (AvgIpc) is 3.61. The number of carbonyl (C=O) groups is 6. The quantitative estimate of drug-likeness (QED) is 0.296. The maximum Gasteiger partial charge on any atom is 0.271 e. The van der Waals surface area contributed by atoms with Gasteiger partial charge in [-0.05, 0) is 62.4 Å². The van der Waals surface area contributed by atoms with Crippen LogP contribution in [-0.4, -0.2) is 102 Å². The first kappa shape index (κ1) is 40.7. The first-order valence-electron chi connectivity index (χ1n) is 17.2. The number of halogens is 1. The molecule has 1 aliphatic rings. The van der Waals surface area contributed by atoms with Crippen molar-refractivity contribution in [2.45, 2.75) is 65.2 Å². The van der Waals surface area contributed by atoms with Gasteiger partial charge in [-0.1, -0.05) is 55.8 Å². The van der Waals surface area contributed by atoms with E-state index < -0.39 is 59.6 Å². The van der Waals surface area contributed by atoms with Crippen molar-refractivity contribution < 1.29 is 33.5 Å². The Labute approximate surface area is 318 Å². The number of benzene rings is 2. The molecule has 3 aromatic rings. The number of carbonyl (C=O) groups excluding carboxylic acids is 6. The van der Waals surface area contributed by atoms with Gasteiger partial charge in [0.1, 0.15) is 34.6 Å². The molecule has 0 fully saturated rings. The van der Waals surface area contributed by atoms with E-state index >= 15 is 0 Å². The minimum absolute atomic E-state index is 0.0248. The number of amides is 6. The molecule has 53 heavy (non-hydrogen) atoms. The number of hydrogen-bond donors (Lipinski definition) is 4.